The smallest absolute Gasteiger partial charge is 0.195 e. The molecule has 1 aromatic heterocycles. The number of aliphatic hydroxyl groups excluding tert-OH is 1. The number of halogens is 1. The van der Waals surface area contributed by atoms with Gasteiger partial charge in [0.1, 0.15) is 5.03 Å². The van der Waals surface area contributed by atoms with Gasteiger partial charge in [-0.25, -0.2) is 4.98 Å². The maximum absolute atomic E-state index is 12.9. The van der Waals surface area contributed by atoms with Gasteiger partial charge in [-0.3, -0.25) is 4.79 Å². The minimum atomic E-state index is -0.0121. The number of nitrogens with zero attached hydrogens (tertiary/aromatic N) is 1. The molecule has 0 saturated heterocycles. The van der Waals surface area contributed by atoms with Crippen molar-refractivity contribution in [3.8, 4) is 11.1 Å². The van der Waals surface area contributed by atoms with Crippen LogP contribution < -0.4 is 0 Å². The Morgan fingerprint density at radius 1 is 1.09 bits per heavy atom. The summed E-state index contributed by atoms with van der Waals surface area (Å²) in [6.07, 6.45) is 0. The number of carbonyl (C=O) groups is 1. The summed E-state index contributed by atoms with van der Waals surface area (Å²) < 4.78 is 0. The van der Waals surface area contributed by atoms with Gasteiger partial charge in [0.05, 0.1) is 12.1 Å². The van der Waals surface area contributed by atoms with E-state index in [9.17, 15) is 4.79 Å². The second kappa shape index (κ2) is 5.64. The van der Waals surface area contributed by atoms with Crippen molar-refractivity contribution in [1.29, 1.82) is 0 Å². The van der Waals surface area contributed by atoms with Crippen LogP contribution in [0.15, 0.2) is 47.5 Å². The Balaban J connectivity index is 2.07. The number of aliphatic hydroxyl groups is 1. The summed E-state index contributed by atoms with van der Waals surface area (Å²) in [5.41, 5.74) is 3.83. The first-order chi connectivity index (χ1) is 11.2. The molecule has 0 radical (unpaired) electrons. The highest BCUT2D eigenvalue weighted by Gasteiger charge is 2.32. The van der Waals surface area contributed by atoms with E-state index in [1.54, 1.807) is 12.1 Å². The third kappa shape index (κ3) is 2.26. The molecule has 0 spiro atoms. The van der Waals surface area contributed by atoms with Gasteiger partial charge in [0.15, 0.2) is 5.78 Å². The summed E-state index contributed by atoms with van der Waals surface area (Å²) in [4.78, 5) is 17.6. The molecule has 1 heterocycles. The molecular weight excluding hydrogens is 330 g/mol. The number of aromatic nitrogens is 1. The normalized spacial score (nSPS) is 12.5. The van der Waals surface area contributed by atoms with Crippen LogP contribution >= 0.6 is 23.4 Å². The summed E-state index contributed by atoms with van der Waals surface area (Å²) in [5, 5.41) is 11.3. The van der Waals surface area contributed by atoms with Gasteiger partial charge in [-0.1, -0.05) is 35.9 Å². The number of benzene rings is 2. The molecule has 1 N–H and O–H groups in total. The quantitative estimate of drug-likeness (QED) is 0.568. The first kappa shape index (κ1) is 14.7. The van der Waals surface area contributed by atoms with Gasteiger partial charge in [-0.2, -0.15) is 0 Å². The number of para-hydroxylation sites is 1. The van der Waals surface area contributed by atoms with Gasteiger partial charge in [-0.15, -0.1) is 11.8 Å². The highest BCUT2D eigenvalue weighted by Crippen LogP contribution is 2.45. The lowest BCUT2D eigenvalue weighted by molar-refractivity contribution is 0.104. The highest BCUT2D eigenvalue weighted by molar-refractivity contribution is 7.99. The molecule has 1 aliphatic rings. The Hall–Kier alpha value is -1.88. The first-order valence-electron chi connectivity index (χ1n) is 7.21. The molecule has 2 aromatic carbocycles. The molecule has 4 rings (SSSR count). The van der Waals surface area contributed by atoms with Crippen molar-refractivity contribution in [3.63, 3.8) is 0 Å². The van der Waals surface area contributed by atoms with E-state index in [4.69, 9.17) is 21.7 Å². The van der Waals surface area contributed by atoms with Gasteiger partial charge in [-0.05, 0) is 23.8 Å². The SMILES string of the molecule is O=C1c2cc(Cl)ccc2-c2c(SCCO)nc3ccccc3c21. The Morgan fingerprint density at radius 3 is 2.74 bits per heavy atom. The van der Waals surface area contributed by atoms with E-state index in [1.807, 2.05) is 30.3 Å². The molecular formula is C18H12ClNO2S. The molecule has 0 aliphatic heterocycles. The van der Waals surface area contributed by atoms with E-state index in [2.05, 4.69) is 0 Å². The fraction of sp³-hybridized carbons (Fsp3) is 0.111. The standard InChI is InChI=1S/C18H12ClNO2S/c19-10-5-6-11-13(9-10)17(22)15-12-3-1-2-4-14(12)20-18(16(11)15)23-8-7-21/h1-6,9,21H,7-8H2. The summed E-state index contributed by atoms with van der Waals surface area (Å²) in [6, 6.07) is 13.0. The number of ketones is 1. The summed E-state index contributed by atoms with van der Waals surface area (Å²) in [7, 11) is 0. The molecule has 0 saturated carbocycles. The average molecular weight is 342 g/mol. The minimum absolute atomic E-state index is 0.0121. The van der Waals surface area contributed by atoms with Gasteiger partial charge in [0.25, 0.3) is 0 Å². The van der Waals surface area contributed by atoms with E-state index < -0.39 is 0 Å². The summed E-state index contributed by atoms with van der Waals surface area (Å²) in [5.74, 6) is 0.525. The number of fused-ring (bicyclic) bond motifs is 5. The van der Waals surface area contributed by atoms with Crippen LogP contribution in [0.2, 0.25) is 5.02 Å². The van der Waals surface area contributed by atoms with Crippen molar-refractivity contribution < 1.29 is 9.90 Å². The lowest BCUT2D eigenvalue weighted by Crippen LogP contribution is -1.99. The van der Waals surface area contributed by atoms with Crippen LogP contribution in [0.25, 0.3) is 22.0 Å². The molecule has 114 valence electrons. The monoisotopic (exact) mass is 341 g/mol. The number of thioether (sulfide) groups is 1. The largest absolute Gasteiger partial charge is 0.396 e. The van der Waals surface area contributed by atoms with Gasteiger partial charge in [0, 0.05) is 32.9 Å². The molecule has 0 amide bonds. The van der Waals surface area contributed by atoms with Crippen LogP contribution in [0.1, 0.15) is 15.9 Å². The van der Waals surface area contributed by atoms with E-state index in [0.29, 0.717) is 21.9 Å². The van der Waals surface area contributed by atoms with Crippen LogP contribution in [0.4, 0.5) is 0 Å². The molecule has 5 heteroatoms. The first-order valence-corrected chi connectivity index (χ1v) is 8.58. The maximum atomic E-state index is 12.9. The van der Waals surface area contributed by atoms with Crippen molar-refractivity contribution in [2.24, 2.45) is 0 Å². The van der Waals surface area contributed by atoms with E-state index in [-0.39, 0.29) is 12.4 Å². The highest BCUT2D eigenvalue weighted by atomic mass is 35.5. The molecule has 0 unspecified atom stereocenters. The molecule has 3 aromatic rings. The van der Waals surface area contributed by atoms with Crippen LogP contribution in [0.3, 0.4) is 0 Å². The van der Waals surface area contributed by atoms with Crippen molar-refractivity contribution in [2.45, 2.75) is 5.03 Å². The zero-order valence-electron chi connectivity index (χ0n) is 12.0. The number of hydrogen-bond acceptors (Lipinski definition) is 4. The van der Waals surface area contributed by atoms with Crippen LogP contribution in [0.5, 0.6) is 0 Å². The topological polar surface area (TPSA) is 50.2 Å². The lowest BCUT2D eigenvalue weighted by Gasteiger charge is -2.10. The lowest BCUT2D eigenvalue weighted by atomic mass is 10.0. The molecule has 0 bridgehead atoms. The van der Waals surface area contributed by atoms with E-state index in [1.165, 1.54) is 11.8 Å². The van der Waals surface area contributed by atoms with E-state index >= 15 is 0 Å². The average Bonchev–Trinajstić information content (AvgIpc) is 2.86. The van der Waals surface area contributed by atoms with Crippen LogP contribution in [-0.2, 0) is 0 Å². The molecule has 23 heavy (non-hydrogen) atoms. The van der Waals surface area contributed by atoms with Crippen molar-refractivity contribution in [2.75, 3.05) is 12.4 Å². The van der Waals surface area contributed by atoms with Gasteiger partial charge < -0.3 is 5.11 Å². The molecule has 1 aliphatic carbocycles. The maximum Gasteiger partial charge on any atom is 0.195 e. The van der Waals surface area contributed by atoms with Crippen molar-refractivity contribution >= 4 is 40.0 Å². The van der Waals surface area contributed by atoms with Crippen molar-refractivity contribution in [1.82, 2.24) is 4.98 Å². The molecule has 3 nitrogen and oxygen atoms in total. The Morgan fingerprint density at radius 2 is 1.91 bits per heavy atom. The molecule has 0 fully saturated rings. The third-order valence-electron chi connectivity index (χ3n) is 3.91. The van der Waals surface area contributed by atoms with Crippen LogP contribution in [0, 0.1) is 0 Å². The fourth-order valence-corrected chi connectivity index (χ4v) is 3.95. The van der Waals surface area contributed by atoms with Crippen molar-refractivity contribution in [3.05, 3.63) is 58.6 Å². The molecule has 0 atom stereocenters. The predicted octanol–water partition coefficient (Wildman–Crippen LogP) is 4.18. The Labute approximate surface area is 142 Å². The number of pyridine rings is 1. The second-order valence-electron chi connectivity index (χ2n) is 5.28. The number of hydrogen-bond donors (Lipinski definition) is 1. The van der Waals surface area contributed by atoms with Gasteiger partial charge >= 0.3 is 0 Å². The number of rotatable bonds is 3. The zero-order valence-corrected chi connectivity index (χ0v) is 13.6. The second-order valence-corrected chi connectivity index (χ2v) is 6.80. The minimum Gasteiger partial charge on any atom is -0.396 e. The van der Waals surface area contributed by atoms with Crippen LogP contribution in [-0.4, -0.2) is 28.2 Å². The summed E-state index contributed by atoms with van der Waals surface area (Å²) in [6.45, 7) is 0.0648. The summed E-state index contributed by atoms with van der Waals surface area (Å²) >= 11 is 7.53. The zero-order chi connectivity index (χ0) is 16.0. The fourth-order valence-electron chi connectivity index (χ4n) is 2.98. The van der Waals surface area contributed by atoms with Gasteiger partial charge in [0.2, 0.25) is 0 Å². The van der Waals surface area contributed by atoms with E-state index in [0.717, 1.165) is 27.1 Å². The third-order valence-corrected chi connectivity index (χ3v) is 5.10. The number of carbonyl (C=O) groups excluding carboxylic acids is 1. The Kier molecular flexibility index (Phi) is 3.60. The predicted molar refractivity (Wildman–Crippen MR) is 93.4 cm³/mol. The Bertz CT molecular complexity index is 955.